The zero-order chi connectivity index (χ0) is 17.0. The van der Waals surface area contributed by atoms with Gasteiger partial charge in [0.15, 0.2) is 17.6 Å². The average molecular weight is 317 g/mol. The highest BCUT2D eigenvalue weighted by Crippen LogP contribution is 2.37. The first-order chi connectivity index (χ1) is 11.0. The lowest BCUT2D eigenvalue weighted by Crippen LogP contribution is -2.23. The Morgan fingerprint density at radius 1 is 1.00 bits per heavy atom. The van der Waals surface area contributed by atoms with Crippen molar-refractivity contribution < 1.29 is 24.5 Å². The van der Waals surface area contributed by atoms with Crippen LogP contribution in [-0.4, -0.2) is 30.3 Å². The molecule has 2 aromatic carbocycles. The lowest BCUT2D eigenvalue weighted by molar-refractivity contribution is -0.126. The summed E-state index contributed by atoms with van der Waals surface area (Å²) in [6, 6.07) is 11.8. The fraction of sp³-hybridized carbons (Fsp3) is 0.235. The van der Waals surface area contributed by atoms with Gasteiger partial charge in [-0.25, -0.2) is 0 Å². The second-order valence-electron chi connectivity index (χ2n) is 4.95. The predicted octanol–water partition coefficient (Wildman–Crippen LogP) is 1.30. The molecule has 0 aliphatic rings. The Bertz CT molecular complexity index is 687. The van der Waals surface area contributed by atoms with E-state index < -0.39 is 18.1 Å². The minimum atomic E-state index is -1.57. The van der Waals surface area contributed by atoms with Gasteiger partial charge in [-0.15, -0.1) is 0 Å². The van der Waals surface area contributed by atoms with Crippen molar-refractivity contribution in [3.63, 3.8) is 0 Å². The maximum absolute atomic E-state index is 11.4. The van der Waals surface area contributed by atoms with E-state index in [9.17, 15) is 15.0 Å². The molecule has 0 heterocycles. The molecule has 0 aliphatic carbocycles. The monoisotopic (exact) mass is 317 g/mol. The van der Waals surface area contributed by atoms with Gasteiger partial charge in [0.05, 0.1) is 14.2 Å². The highest BCUT2D eigenvalue weighted by Gasteiger charge is 2.25. The van der Waals surface area contributed by atoms with Crippen molar-refractivity contribution >= 4 is 5.91 Å². The number of aliphatic hydroxyl groups is 2. The third-order valence-corrected chi connectivity index (χ3v) is 3.56. The number of carbonyl (C=O) groups is 1. The Balaban J connectivity index is 2.61. The number of nitrogens with two attached hydrogens (primary N) is 1. The Kier molecular flexibility index (Phi) is 5.20. The number of primary amides is 1. The SMILES string of the molecule is COc1cc(C(O)C(N)=O)c(C(O)c2ccccc2)cc1OC. The smallest absolute Gasteiger partial charge is 0.250 e. The third-order valence-electron chi connectivity index (χ3n) is 3.56. The quantitative estimate of drug-likeness (QED) is 0.745. The Morgan fingerprint density at radius 2 is 1.52 bits per heavy atom. The summed E-state index contributed by atoms with van der Waals surface area (Å²) in [6.45, 7) is 0. The van der Waals surface area contributed by atoms with Crippen LogP contribution in [-0.2, 0) is 4.79 Å². The first kappa shape index (κ1) is 16.8. The predicted molar refractivity (Wildman–Crippen MR) is 84.2 cm³/mol. The standard InChI is InChI=1S/C17H19NO5/c1-22-13-8-11(15(19)10-6-4-3-5-7-10)12(9-14(13)23-2)16(20)17(18)21/h3-9,15-16,19-20H,1-2H3,(H2,18,21). The van der Waals surface area contributed by atoms with E-state index in [0.29, 0.717) is 22.6 Å². The summed E-state index contributed by atoms with van der Waals surface area (Å²) in [7, 11) is 2.90. The molecule has 0 saturated carbocycles. The van der Waals surface area contributed by atoms with E-state index in [0.717, 1.165) is 0 Å². The van der Waals surface area contributed by atoms with E-state index in [1.807, 2.05) is 6.07 Å². The van der Waals surface area contributed by atoms with E-state index in [4.69, 9.17) is 15.2 Å². The summed E-state index contributed by atoms with van der Waals surface area (Å²) in [5, 5.41) is 20.7. The molecule has 0 aromatic heterocycles. The van der Waals surface area contributed by atoms with Gasteiger partial charge in [-0.05, 0) is 28.8 Å². The molecule has 6 heteroatoms. The van der Waals surface area contributed by atoms with Crippen molar-refractivity contribution in [3.05, 3.63) is 59.2 Å². The van der Waals surface area contributed by atoms with Gasteiger partial charge in [0.1, 0.15) is 6.10 Å². The topological polar surface area (TPSA) is 102 Å². The molecule has 2 aromatic rings. The maximum Gasteiger partial charge on any atom is 0.250 e. The van der Waals surface area contributed by atoms with Crippen LogP contribution >= 0.6 is 0 Å². The van der Waals surface area contributed by atoms with Crippen molar-refractivity contribution in [2.75, 3.05) is 14.2 Å². The lowest BCUT2D eigenvalue weighted by Gasteiger charge is -2.21. The normalized spacial score (nSPS) is 13.2. The first-order valence-electron chi connectivity index (χ1n) is 6.95. The van der Waals surface area contributed by atoms with Crippen LogP contribution in [0.15, 0.2) is 42.5 Å². The zero-order valence-corrected chi connectivity index (χ0v) is 12.9. The average Bonchev–Trinajstić information content (AvgIpc) is 2.59. The molecule has 4 N–H and O–H groups in total. The molecular formula is C17H19NO5. The number of benzene rings is 2. The van der Waals surface area contributed by atoms with Gasteiger partial charge in [0.25, 0.3) is 5.91 Å². The fourth-order valence-electron chi connectivity index (χ4n) is 2.35. The van der Waals surface area contributed by atoms with Crippen LogP contribution in [0.3, 0.4) is 0 Å². The summed E-state index contributed by atoms with van der Waals surface area (Å²) < 4.78 is 10.4. The third kappa shape index (κ3) is 3.44. The summed E-state index contributed by atoms with van der Waals surface area (Å²) in [6.07, 6.45) is -2.62. The highest BCUT2D eigenvalue weighted by molar-refractivity contribution is 5.81. The largest absolute Gasteiger partial charge is 0.493 e. The minimum Gasteiger partial charge on any atom is -0.493 e. The van der Waals surface area contributed by atoms with Gasteiger partial charge in [0.2, 0.25) is 0 Å². The van der Waals surface area contributed by atoms with Crippen molar-refractivity contribution in [3.8, 4) is 11.5 Å². The molecule has 1 amide bonds. The van der Waals surface area contributed by atoms with E-state index in [-0.39, 0.29) is 5.56 Å². The van der Waals surface area contributed by atoms with Gasteiger partial charge in [0, 0.05) is 0 Å². The van der Waals surface area contributed by atoms with E-state index in [1.54, 1.807) is 24.3 Å². The number of rotatable bonds is 6. The fourth-order valence-corrected chi connectivity index (χ4v) is 2.35. The van der Waals surface area contributed by atoms with Gasteiger partial charge in [-0.1, -0.05) is 30.3 Å². The first-order valence-corrected chi connectivity index (χ1v) is 6.95. The Hall–Kier alpha value is -2.57. The second-order valence-corrected chi connectivity index (χ2v) is 4.95. The van der Waals surface area contributed by atoms with E-state index >= 15 is 0 Å². The lowest BCUT2D eigenvalue weighted by atomic mass is 9.93. The Morgan fingerprint density at radius 3 is 2.00 bits per heavy atom. The van der Waals surface area contributed by atoms with Crippen LogP contribution in [0.25, 0.3) is 0 Å². The number of amides is 1. The molecule has 122 valence electrons. The van der Waals surface area contributed by atoms with Crippen LogP contribution in [0.1, 0.15) is 28.9 Å². The molecule has 0 aliphatic heterocycles. The molecule has 2 atom stereocenters. The van der Waals surface area contributed by atoms with Gasteiger partial charge in [-0.3, -0.25) is 4.79 Å². The number of carbonyl (C=O) groups excluding carboxylic acids is 1. The number of aliphatic hydroxyl groups excluding tert-OH is 2. The summed E-state index contributed by atoms with van der Waals surface area (Å²) in [4.78, 5) is 11.4. The molecule has 23 heavy (non-hydrogen) atoms. The van der Waals surface area contributed by atoms with Crippen molar-refractivity contribution in [1.29, 1.82) is 0 Å². The van der Waals surface area contributed by atoms with Crippen LogP contribution in [0.4, 0.5) is 0 Å². The van der Waals surface area contributed by atoms with Crippen molar-refractivity contribution in [2.24, 2.45) is 5.73 Å². The number of methoxy groups -OCH3 is 2. The summed E-state index contributed by atoms with van der Waals surface area (Å²) in [5.74, 6) is -0.219. The van der Waals surface area contributed by atoms with Crippen molar-refractivity contribution in [1.82, 2.24) is 0 Å². The number of ether oxygens (including phenoxy) is 2. The van der Waals surface area contributed by atoms with Crippen LogP contribution in [0.2, 0.25) is 0 Å². The van der Waals surface area contributed by atoms with E-state index in [1.165, 1.54) is 26.4 Å². The van der Waals surface area contributed by atoms with Gasteiger partial charge < -0.3 is 25.4 Å². The molecule has 0 radical (unpaired) electrons. The minimum absolute atomic E-state index is 0.173. The second kappa shape index (κ2) is 7.13. The van der Waals surface area contributed by atoms with Crippen LogP contribution in [0, 0.1) is 0 Å². The number of hydrogen-bond acceptors (Lipinski definition) is 5. The van der Waals surface area contributed by atoms with Gasteiger partial charge >= 0.3 is 0 Å². The molecule has 6 nitrogen and oxygen atoms in total. The summed E-state index contributed by atoms with van der Waals surface area (Å²) >= 11 is 0. The molecular weight excluding hydrogens is 298 g/mol. The molecule has 2 rings (SSSR count). The molecule has 0 bridgehead atoms. The highest BCUT2D eigenvalue weighted by atomic mass is 16.5. The Labute approximate surface area is 134 Å². The van der Waals surface area contributed by atoms with Gasteiger partial charge in [-0.2, -0.15) is 0 Å². The van der Waals surface area contributed by atoms with Crippen LogP contribution < -0.4 is 15.2 Å². The number of hydrogen-bond donors (Lipinski definition) is 3. The zero-order valence-electron chi connectivity index (χ0n) is 12.9. The molecule has 2 unspecified atom stereocenters. The summed E-state index contributed by atoms with van der Waals surface area (Å²) in [5.41, 5.74) is 6.30. The van der Waals surface area contributed by atoms with Crippen molar-refractivity contribution in [2.45, 2.75) is 12.2 Å². The molecule has 0 spiro atoms. The molecule has 0 fully saturated rings. The van der Waals surface area contributed by atoms with Crippen LogP contribution in [0.5, 0.6) is 11.5 Å². The van der Waals surface area contributed by atoms with E-state index in [2.05, 4.69) is 0 Å². The molecule has 0 saturated heterocycles. The maximum atomic E-state index is 11.4.